The fraction of sp³-hybridized carbons (Fsp3) is 0.192. The van der Waals surface area contributed by atoms with Crippen LogP contribution in [0.1, 0.15) is 42.9 Å². The van der Waals surface area contributed by atoms with E-state index >= 15 is 4.39 Å². The highest BCUT2D eigenvalue weighted by Crippen LogP contribution is 2.46. The molecule has 166 valence electrons. The zero-order valence-corrected chi connectivity index (χ0v) is 18.0. The van der Waals surface area contributed by atoms with Gasteiger partial charge in [0, 0.05) is 52.6 Å². The van der Waals surface area contributed by atoms with E-state index in [1.807, 2.05) is 6.07 Å². The normalized spacial score (nSPS) is 20.4. The quantitative estimate of drug-likeness (QED) is 0.604. The van der Waals surface area contributed by atoms with Crippen LogP contribution in [-0.2, 0) is 9.59 Å². The number of nitrogens with zero attached hydrogens (tertiary/aromatic N) is 1. The van der Waals surface area contributed by atoms with Crippen molar-refractivity contribution in [1.82, 2.24) is 10.3 Å². The predicted octanol–water partition coefficient (Wildman–Crippen LogP) is 4.81. The van der Waals surface area contributed by atoms with Crippen molar-refractivity contribution >= 4 is 17.5 Å². The first kappa shape index (κ1) is 20.9. The van der Waals surface area contributed by atoms with Crippen molar-refractivity contribution in [2.45, 2.75) is 31.6 Å². The fourth-order valence-electron chi connectivity index (χ4n) is 4.71. The molecule has 5 rings (SSSR count). The number of aromatic nitrogens is 1. The Labute approximate surface area is 190 Å². The Hall–Kier alpha value is -4.00. The number of anilines is 1. The largest absolute Gasteiger partial charge is 0.469 e. The van der Waals surface area contributed by atoms with Crippen LogP contribution < -0.4 is 10.6 Å². The maximum Gasteiger partial charge on any atom is 0.255 e. The molecule has 2 N–H and O–H groups in total. The van der Waals surface area contributed by atoms with E-state index in [-0.39, 0.29) is 18.1 Å². The molecule has 2 aliphatic rings. The van der Waals surface area contributed by atoms with Crippen LogP contribution in [0.25, 0.3) is 0 Å². The van der Waals surface area contributed by atoms with E-state index in [1.165, 1.54) is 6.07 Å². The zero-order valence-electron chi connectivity index (χ0n) is 18.0. The Morgan fingerprint density at radius 1 is 1.12 bits per heavy atom. The molecule has 0 spiro atoms. The number of rotatable bonds is 4. The average Bonchev–Trinajstić information content (AvgIpc) is 3.34. The molecule has 1 aliphatic carbocycles. The van der Waals surface area contributed by atoms with Gasteiger partial charge in [0.05, 0.1) is 6.26 Å². The Morgan fingerprint density at radius 2 is 1.94 bits per heavy atom. The van der Waals surface area contributed by atoms with Gasteiger partial charge in [0.15, 0.2) is 5.78 Å². The molecule has 1 aromatic carbocycles. The third-order valence-electron chi connectivity index (χ3n) is 6.14. The molecule has 0 fully saturated rings. The number of Topliss-reactive ketones (excluding diaryl/α,β-unsaturated/α-hetero) is 1. The van der Waals surface area contributed by atoms with Crippen LogP contribution in [0.4, 0.5) is 10.2 Å². The van der Waals surface area contributed by atoms with Gasteiger partial charge in [0.2, 0.25) is 0 Å². The zero-order chi connectivity index (χ0) is 22.9. The number of halogens is 1. The molecule has 0 unspecified atom stereocenters. The molecule has 33 heavy (non-hydrogen) atoms. The lowest BCUT2D eigenvalue weighted by atomic mass is 9.72. The first-order chi connectivity index (χ1) is 16.0. The van der Waals surface area contributed by atoms with Gasteiger partial charge in [-0.25, -0.2) is 9.37 Å². The van der Waals surface area contributed by atoms with Gasteiger partial charge in [-0.05, 0) is 43.7 Å². The molecule has 6 nitrogen and oxygen atoms in total. The minimum absolute atomic E-state index is 0.114. The first-order valence-electron chi connectivity index (χ1n) is 10.8. The summed E-state index contributed by atoms with van der Waals surface area (Å²) in [5, 5.41) is 6.05. The molecule has 0 bridgehead atoms. The van der Waals surface area contributed by atoms with Crippen molar-refractivity contribution in [3.05, 3.63) is 107 Å². The van der Waals surface area contributed by atoms with Gasteiger partial charge >= 0.3 is 0 Å². The van der Waals surface area contributed by atoms with Crippen LogP contribution in [0.5, 0.6) is 0 Å². The standard InChI is InChI=1S/C26H22FN3O3/c1-15-23(26(32)30-22-10-4-5-11-28-22)24(17-7-2-3-8-18(17)27)25-19(29-15)13-16(14-20(25)31)21-9-6-12-33-21/h2-12,16,24,29H,13-14H2,1H3,(H,28,30,32)/t16-,24-/m0/s1. The van der Waals surface area contributed by atoms with Gasteiger partial charge in [0.1, 0.15) is 17.4 Å². The molecule has 0 radical (unpaired) electrons. The molecular formula is C26H22FN3O3. The van der Waals surface area contributed by atoms with Gasteiger partial charge in [0.25, 0.3) is 5.91 Å². The SMILES string of the molecule is CC1=C(C(=O)Nc2ccccn2)[C@H](c2ccccc2F)C2=C(C[C@H](c3ccco3)CC2=O)N1. The summed E-state index contributed by atoms with van der Waals surface area (Å²) in [6.07, 6.45) is 3.93. The van der Waals surface area contributed by atoms with E-state index in [4.69, 9.17) is 4.42 Å². The third-order valence-corrected chi connectivity index (χ3v) is 6.14. The number of benzene rings is 1. The van der Waals surface area contributed by atoms with Crippen molar-refractivity contribution in [2.24, 2.45) is 0 Å². The van der Waals surface area contributed by atoms with Crippen LogP contribution >= 0.6 is 0 Å². The predicted molar refractivity (Wildman–Crippen MR) is 121 cm³/mol. The van der Waals surface area contributed by atoms with Gasteiger partial charge in [-0.1, -0.05) is 24.3 Å². The number of carbonyl (C=O) groups is 2. The van der Waals surface area contributed by atoms with Crippen molar-refractivity contribution in [2.75, 3.05) is 5.32 Å². The van der Waals surface area contributed by atoms with E-state index in [9.17, 15) is 9.59 Å². The lowest BCUT2D eigenvalue weighted by molar-refractivity contribution is -0.116. The number of amides is 1. The number of hydrogen-bond acceptors (Lipinski definition) is 5. The lowest BCUT2D eigenvalue weighted by Gasteiger charge is -2.36. The van der Waals surface area contributed by atoms with Crippen molar-refractivity contribution < 1.29 is 18.4 Å². The Balaban J connectivity index is 1.59. The van der Waals surface area contributed by atoms with Gasteiger partial charge in [-0.3, -0.25) is 9.59 Å². The van der Waals surface area contributed by atoms with Gasteiger partial charge in [-0.2, -0.15) is 0 Å². The highest BCUT2D eigenvalue weighted by molar-refractivity contribution is 6.09. The van der Waals surface area contributed by atoms with E-state index in [0.29, 0.717) is 40.3 Å². The number of furan rings is 1. The summed E-state index contributed by atoms with van der Waals surface area (Å²) in [6, 6.07) is 15.1. The van der Waals surface area contributed by atoms with Gasteiger partial charge < -0.3 is 15.1 Å². The molecule has 1 aliphatic heterocycles. The fourth-order valence-corrected chi connectivity index (χ4v) is 4.71. The second kappa shape index (κ2) is 8.50. The Bertz CT molecular complexity index is 1280. The second-order valence-corrected chi connectivity index (χ2v) is 8.22. The molecule has 3 aromatic rings. The summed E-state index contributed by atoms with van der Waals surface area (Å²) in [5.74, 6) is -0.850. The molecular weight excluding hydrogens is 421 g/mol. The highest BCUT2D eigenvalue weighted by atomic mass is 19.1. The van der Waals surface area contributed by atoms with Crippen LogP contribution in [0.3, 0.4) is 0 Å². The number of dihydropyridines is 1. The lowest BCUT2D eigenvalue weighted by Crippen LogP contribution is -2.37. The maximum absolute atomic E-state index is 15.0. The van der Waals surface area contributed by atoms with E-state index in [0.717, 1.165) is 5.76 Å². The van der Waals surface area contributed by atoms with E-state index < -0.39 is 17.6 Å². The van der Waals surface area contributed by atoms with E-state index in [1.54, 1.807) is 61.8 Å². The second-order valence-electron chi connectivity index (χ2n) is 8.22. The van der Waals surface area contributed by atoms with Crippen LogP contribution in [-0.4, -0.2) is 16.7 Å². The number of nitrogens with one attached hydrogen (secondary N) is 2. The van der Waals surface area contributed by atoms with Crippen LogP contribution in [0, 0.1) is 5.82 Å². The number of allylic oxidation sites excluding steroid dienone is 3. The monoisotopic (exact) mass is 443 g/mol. The number of carbonyl (C=O) groups excluding carboxylic acids is 2. The summed E-state index contributed by atoms with van der Waals surface area (Å²) in [5.41, 5.74) is 2.30. The minimum atomic E-state index is -0.823. The molecule has 1 amide bonds. The first-order valence-corrected chi connectivity index (χ1v) is 10.8. The number of hydrogen-bond donors (Lipinski definition) is 2. The summed E-state index contributed by atoms with van der Waals surface area (Å²) >= 11 is 0. The summed E-state index contributed by atoms with van der Waals surface area (Å²) in [7, 11) is 0. The molecule has 0 saturated carbocycles. The number of ketones is 1. The summed E-state index contributed by atoms with van der Waals surface area (Å²) in [6.45, 7) is 1.77. The summed E-state index contributed by atoms with van der Waals surface area (Å²) in [4.78, 5) is 31.0. The molecule has 7 heteroatoms. The smallest absolute Gasteiger partial charge is 0.255 e. The highest BCUT2D eigenvalue weighted by Gasteiger charge is 2.42. The minimum Gasteiger partial charge on any atom is -0.469 e. The molecule has 2 aromatic heterocycles. The molecule has 2 atom stereocenters. The molecule has 3 heterocycles. The van der Waals surface area contributed by atoms with E-state index in [2.05, 4.69) is 15.6 Å². The third kappa shape index (κ3) is 3.86. The molecule has 0 saturated heterocycles. The topological polar surface area (TPSA) is 84.2 Å². The van der Waals surface area contributed by atoms with Crippen LogP contribution in [0.2, 0.25) is 0 Å². The van der Waals surface area contributed by atoms with Crippen molar-refractivity contribution in [3.8, 4) is 0 Å². The van der Waals surface area contributed by atoms with Crippen molar-refractivity contribution in [3.63, 3.8) is 0 Å². The van der Waals surface area contributed by atoms with Crippen LogP contribution in [0.15, 0.2) is 94.0 Å². The Kier molecular flexibility index (Phi) is 5.38. The van der Waals surface area contributed by atoms with Crippen molar-refractivity contribution in [1.29, 1.82) is 0 Å². The average molecular weight is 443 g/mol. The van der Waals surface area contributed by atoms with Gasteiger partial charge in [-0.15, -0.1) is 0 Å². The Morgan fingerprint density at radius 3 is 2.67 bits per heavy atom. The number of pyridine rings is 1. The maximum atomic E-state index is 15.0. The summed E-state index contributed by atoms with van der Waals surface area (Å²) < 4.78 is 20.6.